The van der Waals surface area contributed by atoms with Gasteiger partial charge in [0.2, 0.25) is 5.88 Å². The molecule has 15 heteroatoms. The van der Waals surface area contributed by atoms with Crippen LogP contribution in [-0.4, -0.2) is 85.0 Å². The number of ether oxygens (including phenoxy) is 3. The van der Waals surface area contributed by atoms with Crippen LogP contribution in [0.4, 0.5) is 33.5 Å². The molecule has 10 nitrogen and oxygen atoms in total. The molecule has 2 unspecified atom stereocenters. The van der Waals surface area contributed by atoms with Crippen LogP contribution in [-0.2, 0) is 10.9 Å². The van der Waals surface area contributed by atoms with Crippen LogP contribution in [0.3, 0.4) is 0 Å². The Morgan fingerprint density at radius 1 is 1.04 bits per heavy atom. The van der Waals surface area contributed by atoms with E-state index in [1.54, 1.807) is 6.92 Å². The Bertz CT molecular complexity index is 1500. The lowest BCUT2D eigenvalue weighted by Gasteiger charge is -2.28. The largest absolute Gasteiger partial charge is 0.474 e. The van der Waals surface area contributed by atoms with Gasteiger partial charge in [-0.15, -0.1) is 0 Å². The van der Waals surface area contributed by atoms with Crippen LogP contribution in [0.1, 0.15) is 51.2 Å². The minimum atomic E-state index is -5.02. The number of methoxy groups -OCH3 is 1. The molecule has 0 aliphatic carbocycles. The third-order valence-corrected chi connectivity index (χ3v) is 7.95. The number of rotatable bonds is 2. The van der Waals surface area contributed by atoms with Crippen LogP contribution < -0.4 is 25.8 Å². The number of nitrogens with one attached hydrogen (secondary N) is 2. The van der Waals surface area contributed by atoms with Crippen LogP contribution in [0.15, 0.2) is 6.07 Å². The van der Waals surface area contributed by atoms with E-state index < -0.39 is 52.0 Å². The summed E-state index contributed by atoms with van der Waals surface area (Å²) in [4.78, 5) is 14.9. The fraction of sp³-hybridized carbons (Fsp3) is 0.581. The molecule has 0 amide bonds. The highest BCUT2D eigenvalue weighted by atomic mass is 19.4. The molecule has 0 bridgehead atoms. The van der Waals surface area contributed by atoms with E-state index in [1.165, 1.54) is 33.0 Å². The Kier molecular flexibility index (Phi) is 11.8. The zero-order valence-corrected chi connectivity index (χ0v) is 26.8. The first-order valence-electron chi connectivity index (χ1n) is 15.5. The van der Waals surface area contributed by atoms with E-state index in [9.17, 15) is 17.6 Å². The predicted octanol–water partition coefficient (Wildman–Crippen LogP) is 5.57. The number of nitrogens with zero attached hydrogens (tertiary/aromatic N) is 4. The molecule has 1 aromatic carbocycles. The number of pyridine rings is 1. The van der Waals surface area contributed by atoms with Gasteiger partial charge < -0.3 is 30.6 Å². The first kappa shape index (κ1) is 35.3. The summed E-state index contributed by atoms with van der Waals surface area (Å²) in [6.45, 7) is 12.7. The van der Waals surface area contributed by atoms with Crippen LogP contribution in [0, 0.1) is 18.6 Å². The maximum absolute atomic E-state index is 15.9. The van der Waals surface area contributed by atoms with Gasteiger partial charge in [-0.2, -0.15) is 23.1 Å². The van der Waals surface area contributed by atoms with E-state index in [0.717, 1.165) is 26.2 Å². The SMILES string of the molecule is C1CC2COCCN2C1.CC.COc1nc2c3c(nc(-c4cc(N)c(F)c(C)c4C(F)(F)F)c(F)c3n1)OC(C)CCNCCN2. The van der Waals surface area contributed by atoms with Gasteiger partial charge in [0.25, 0.3) is 0 Å². The van der Waals surface area contributed by atoms with E-state index in [2.05, 4.69) is 30.5 Å². The standard InChI is InChI=1S/C22H23F5N6O2.C7H13NO.C2H6/c1-9-4-5-29-6-7-30-19-13-18(32-21(33-19)34-3)16(24)17(31-20(13)35-9)11-8-12(28)15(23)10(2)14(11)22(25,26)27;1-2-7-6-9-5-4-8(7)3-1;1-2/h8-9,29H,4-7,28H2,1-3H3,(H,30,32,33);7H,1-6H2;1-2H3. The summed E-state index contributed by atoms with van der Waals surface area (Å²) < 4.78 is 88.6. The number of fused-ring (bicyclic) bond motifs is 1. The van der Waals surface area contributed by atoms with Gasteiger partial charge in [-0.1, -0.05) is 13.8 Å². The number of hydrogen-bond donors (Lipinski definition) is 3. The number of nitrogens with two attached hydrogens (primary N) is 1. The molecule has 6 rings (SSSR count). The van der Waals surface area contributed by atoms with E-state index >= 15 is 4.39 Å². The molecular weight excluding hydrogens is 613 g/mol. The highest BCUT2D eigenvalue weighted by Gasteiger charge is 2.39. The number of nitrogen functional groups attached to an aromatic ring is 1. The first-order chi connectivity index (χ1) is 22.0. The molecule has 0 spiro atoms. The Morgan fingerprint density at radius 3 is 2.50 bits per heavy atom. The number of anilines is 2. The number of aromatic nitrogens is 3. The van der Waals surface area contributed by atoms with E-state index in [-0.39, 0.29) is 28.6 Å². The van der Waals surface area contributed by atoms with Crippen molar-refractivity contribution in [2.75, 3.05) is 64.1 Å². The smallest absolute Gasteiger partial charge is 0.417 e. The number of morpholine rings is 1. The first-order valence-corrected chi connectivity index (χ1v) is 15.5. The Balaban J connectivity index is 0.000000367. The molecule has 2 saturated heterocycles. The Labute approximate surface area is 265 Å². The fourth-order valence-electron chi connectivity index (χ4n) is 5.70. The van der Waals surface area contributed by atoms with Gasteiger partial charge in [0.15, 0.2) is 5.82 Å². The summed E-state index contributed by atoms with van der Waals surface area (Å²) in [7, 11) is 1.27. The maximum atomic E-state index is 15.9. The number of alkyl halides is 3. The Morgan fingerprint density at radius 2 is 1.80 bits per heavy atom. The van der Waals surface area contributed by atoms with Crippen LogP contribution in [0.2, 0.25) is 0 Å². The molecule has 3 aromatic rings. The van der Waals surface area contributed by atoms with Gasteiger partial charge in [0.05, 0.1) is 37.7 Å². The third kappa shape index (κ3) is 7.69. The van der Waals surface area contributed by atoms with Crippen molar-refractivity contribution in [1.82, 2.24) is 25.2 Å². The van der Waals surface area contributed by atoms with E-state index in [1.807, 2.05) is 13.8 Å². The highest BCUT2D eigenvalue weighted by Crippen LogP contribution is 2.44. The van der Waals surface area contributed by atoms with Gasteiger partial charge in [-0.05, 0) is 57.8 Å². The van der Waals surface area contributed by atoms with Crippen molar-refractivity contribution >= 4 is 22.4 Å². The number of hydrogen-bond acceptors (Lipinski definition) is 10. The van der Waals surface area contributed by atoms with Crippen molar-refractivity contribution in [2.45, 2.75) is 65.3 Å². The minimum Gasteiger partial charge on any atom is -0.474 e. The molecule has 2 atom stereocenters. The van der Waals surface area contributed by atoms with Gasteiger partial charge in [-0.25, -0.2) is 13.8 Å². The molecule has 2 fully saturated rings. The quantitative estimate of drug-likeness (QED) is 0.239. The molecule has 4 N–H and O–H groups in total. The van der Waals surface area contributed by atoms with Crippen molar-refractivity contribution in [3.63, 3.8) is 0 Å². The van der Waals surface area contributed by atoms with Gasteiger partial charge >= 0.3 is 12.2 Å². The van der Waals surface area contributed by atoms with Gasteiger partial charge in [-0.3, -0.25) is 4.90 Å². The lowest BCUT2D eigenvalue weighted by Crippen LogP contribution is -2.40. The van der Waals surface area contributed by atoms with E-state index in [4.69, 9.17) is 19.9 Å². The molecule has 254 valence electrons. The summed E-state index contributed by atoms with van der Waals surface area (Å²) in [5.41, 5.74) is 1.04. The molecule has 3 aliphatic rings. The van der Waals surface area contributed by atoms with Crippen molar-refractivity contribution in [2.24, 2.45) is 0 Å². The Hall–Kier alpha value is -3.56. The lowest BCUT2D eigenvalue weighted by atomic mass is 9.96. The summed E-state index contributed by atoms with van der Waals surface area (Å²) in [5.74, 6) is -2.47. The topological polar surface area (TPSA) is 120 Å². The third-order valence-electron chi connectivity index (χ3n) is 7.95. The molecular formula is C31H42F5N7O3. The maximum Gasteiger partial charge on any atom is 0.417 e. The van der Waals surface area contributed by atoms with Crippen molar-refractivity contribution in [3.8, 4) is 23.1 Å². The van der Waals surface area contributed by atoms with Crippen LogP contribution in [0.5, 0.6) is 11.9 Å². The molecule has 5 heterocycles. The van der Waals surface area contributed by atoms with Crippen molar-refractivity contribution in [3.05, 3.63) is 28.8 Å². The second-order valence-electron chi connectivity index (χ2n) is 11.0. The molecule has 0 saturated carbocycles. The predicted molar refractivity (Wildman–Crippen MR) is 166 cm³/mol. The summed E-state index contributed by atoms with van der Waals surface area (Å²) in [6.07, 6.45) is -2.18. The van der Waals surface area contributed by atoms with Crippen molar-refractivity contribution in [1.29, 1.82) is 0 Å². The average molecular weight is 656 g/mol. The second-order valence-corrected chi connectivity index (χ2v) is 11.0. The molecule has 46 heavy (non-hydrogen) atoms. The number of halogens is 5. The van der Waals surface area contributed by atoms with Crippen LogP contribution >= 0.6 is 0 Å². The molecule has 2 aromatic heterocycles. The summed E-state index contributed by atoms with van der Waals surface area (Å²) in [5, 5.41) is 6.28. The molecule has 3 aliphatic heterocycles. The fourth-order valence-corrected chi connectivity index (χ4v) is 5.70. The number of benzene rings is 1. The normalized spacial score (nSPS) is 20.1. The summed E-state index contributed by atoms with van der Waals surface area (Å²) in [6, 6.07) is 1.27. The zero-order chi connectivity index (χ0) is 33.6. The second kappa shape index (κ2) is 15.4. The van der Waals surface area contributed by atoms with E-state index in [0.29, 0.717) is 32.1 Å². The van der Waals surface area contributed by atoms with Crippen LogP contribution in [0.25, 0.3) is 22.2 Å². The van der Waals surface area contributed by atoms with Crippen molar-refractivity contribution < 1.29 is 36.2 Å². The highest BCUT2D eigenvalue weighted by molar-refractivity contribution is 5.96. The zero-order valence-electron chi connectivity index (χ0n) is 26.8. The monoisotopic (exact) mass is 655 g/mol. The minimum absolute atomic E-state index is 0.0427. The molecule has 0 radical (unpaired) electrons. The van der Waals surface area contributed by atoms with Gasteiger partial charge in [0, 0.05) is 31.2 Å². The lowest BCUT2D eigenvalue weighted by molar-refractivity contribution is -0.137. The average Bonchev–Trinajstić information content (AvgIpc) is 3.51. The summed E-state index contributed by atoms with van der Waals surface area (Å²) >= 11 is 0. The van der Waals surface area contributed by atoms with Gasteiger partial charge in [0.1, 0.15) is 28.2 Å².